The summed E-state index contributed by atoms with van der Waals surface area (Å²) in [5.41, 5.74) is 0.820. The van der Waals surface area contributed by atoms with E-state index in [-0.39, 0.29) is 5.91 Å². The monoisotopic (exact) mass is 432 g/mol. The number of benzene rings is 2. The van der Waals surface area contributed by atoms with Gasteiger partial charge in [-0.05, 0) is 16.3 Å². The second kappa shape index (κ2) is 7.67. The second-order valence-electron chi connectivity index (χ2n) is 8.12. The number of rotatable bonds is 3. The van der Waals surface area contributed by atoms with E-state index in [0.29, 0.717) is 49.8 Å². The highest BCUT2D eigenvalue weighted by Gasteiger charge is 2.26. The third-order valence-electron chi connectivity index (χ3n) is 6.20. The number of carbonyl (C=O) groups excluding carboxylic acids is 1. The van der Waals surface area contributed by atoms with Gasteiger partial charge in [-0.15, -0.1) is 0 Å². The van der Waals surface area contributed by atoms with Crippen LogP contribution >= 0.6 is 0 Å². The summed E-state index contributed by atoms with van der Waals surface area (Å²) in [4.78, 5) is 47.8. The van der Waals surface area contributed by atoms with Crippen LogP contribution in [-0.4, -0.2) is 56.1 Å². The number of anilines is 1. The van der Waals surface area contributed by atoms with E-state index in [4.69, 9.17) is 4.98 Å². The fourth-order valence-corrected chi connectivity index (χ4v) is 4.44. The number of nitrogens with one attached hydrogen (secondary N) is 1. The van der Waals surface area contributed by atoms with Crippen molar-refractivity contribution in [2.75, 3.05) is 31.1 Å². The van der Waals surface area contributed by atoms with E-state index in [1.807, 2.05) is 28.8 Å². The summed E-state index contributed by atoms with van der Waals surface area (Å²) < 4.78 is 3.25. The highest BCUT2D eigenvalue weighted by atomic mass is 16.2. The molecule has 1 saturated heterocycles. The molecule has 1 fully saturated rings. The summed E-state index contributed by atoms with van der Waals surface area (Å²) in [5.74, 6) is 0.676. The summed E-state index contributed by atoms with van der Waals surface area (Å²) in [7, 11) is 1.60. The molecule has 1 N–H and O–H groups in total. The maximum absolute atomic E-state index is 12.9. The van der Waals surface area contributed by atoms with Crippen molar-refractivity contribution in [3.05, 3.63) is 68.9 Å². The summed E-state index contributed by atoms with van der Waals surface area (Å²) in [5, 5.41) is 2.22. The number of fused-ring (bicyclic) bond motifs is 2. The van der Waals surface area contributed by atoms with Gasteiger partial charge in [0.05, 0.1) is 6.54 Å². The summed E-state index contributed by atoms with van der Waals surface area (Å²) >= 11 is 0. The lowest BCUT2D eigenvalue weighted by molar-refractivity contribution is -0.129. The molecule has 4 aromatic rings. The number of aromatic amines is 1. The number of nitrogens with zero attached hydrogens (tertiary/aromatic N) is 5. The number of hydrogen-bond donors (Lipinski definition) is 1. The molecule has 0 atom stereocenters. The van der Waals surface area contributed by atoms with Crippen LogP contribution in [0.3, 0.4) is 0 Å². The maximum atomic E-state index is 12.9. The minimum Gasteiger partial charge on any atom is -0.339 e. The van der Waals surface area contributed by atoms with Crippen molar-refractivity contribution in [1.82, 2.24) is 24.0 Å². The summed E-state index contributed by atoms with van der Waals surface area (Å²) in [6.45, 7) is 4.38. The van der Waals surface area contributed by atoms with E-state index in [1.54, 1.807) is 18.9 Å². The van der Waals surface area contributed by atoms with E-state index in [1.165, 1.54) is 4.57 Å². The van der Waals surface area contributed by atoms with E-state index >= 15 is 0 Å². The molecule has 0 aliphatic carbocycles. The molecule has 3 heterocycles. The lowest BCUT2D eigenvalue weighted by Crippen LogP contribution is -2.48. The molecule has 0 bridgehead atoms. The molecule has 1 aliphatic heterocycles. The van der Waals surface area contributed by atoms with Crippen LogP contribution in [-0.2, 0) is 18.4 Å². The molecule has 164 valence electrons. The summed E-state index contributed by atoms with van der Waals surface area (Å²) in [6.07, 6.45) is 0. The first-order chi connectivity index (χ1) is 15.4. The molecule has 0 radical (unpaired) electrons. The molecule has 2 aromatic carbocycles. The number of piperazine rings is 1. The molecule has 5 rings (SSSR count). The minimum absolute atomic E-state index is 0.0488. The normalized spacial score (nSPS) is 14.4. The van der Waals surface area contributed by atoms with Gasteiger partial charge in [-0.1, -0.05) is 42.5 Å². The molecule has 32 heavy (non-hydrogen) atoms. The van der Waals surface area contributed by atoms with Gasteiger partial charge < -0.3 is 9.80 Å². The Kier molecular flexibility index (Phi) is 4.80. The highest BCUT2D eigenvalue weighted by Crippen LogP contribution is 2.25. The first kappa shape index (κ1) is 20.0. The number of aromatic nitrogens is 4. The van der Waals surface area contributed by atoms with Crippen LogP contribution < -0.4 is 16.1 Å². The van der Waals surface area contributed by atoms with Crippen molar-refractivity contribution in [1.29, 1.82) is 0 Å². The topological polar surface area (TPSA) is 96.2 Å². The van der Waals surface area contributed by atoms with Gasteiger partial charge in [0.25, 0.3) is 5.56 Å². The summed E-state index contributed by atoms with van der Waals surface area (Å²) in [6, 6.07) is 14.2. The van der Waals surface area contributed by atoms with Gasteiger partial charge in [0.15, 0.2) is 11.2 Å². The van der Waals surface area contributed by atoms with Crippen molar-refractivity contribution >= 4 is 33.8 Å². The molecule has 0 spiro atoms. The largest absolute Gasteiger partial charge is 0.339 e. The predicted octanol–water partition coefficient (Wildman–Crippen LogP) is 1.29. The Hall–Kier alpha value is -3.88. The lowest BCUT2D eigenvalue weighted by atomic mass is 10.0. The lowest BCUT2D eigenvalue weighted by Gasteiger charge is -2.35. The van der Waals surface area contributed by atoms with Crippen LogP contribution in [0.4, 0.5) is 5.95 Å². The van der Waals surface area contributed by atoms with Gasteiger partial charge in [0, 0.05) is 40.2 Å². The molecular formula is C23H24N6O3. The number of hydrogen-bond acceptors (Lipinski definition) is 5. The van der Waals surface area contributed by atoms with E-state index < -0.39 is 11.2 Å². The quantitative estimate of drug-likeness (QED) is 0.526. The number of carbonyl (C=O) groups is 1. The Balaban J connectivity index is 1.67. The zero-order chi connectivity index (χ0) is 22.4. The molecule has 2 aromatic heterocycles. The smallest absolute Gasteiger partial charge is 0.329 e. The van der Waals surface area contributed by atoms with Gasteiger partial charge >= 0.3 is 5.69 Å². The number of H-pyrrole nitrogens is 1. The first-order valence-electron chi connectivity index (χ1n) is 10.6. The Morgan fingerprint density at radius 1 is 1.03 bits per heavy atom. The first-order valence-corrected chi connectivity index (χ1v) is 10.6. The van der Waals surface area contributed by atoms with Crippen molar-refractivity contribution in [2.45, 2.75) is 13.5 Å². The molecule has 0 unspecified atom stereocenters. The maximum Gasteiger partial charge on any atom is 0.329 e. The van der Waals surface area contributed by atoms with Crippen LogP contribution in [0.2, 0.25) is 0 Å². The Morgan fingerprint density at radius 2 is 1.75 bits per heavy atom. The van der Waals surface area contributed by atoms with Crippen LogP contribution in [0, 0.1) is 0 Å². The standard InChI is InChI=1S/C23H24N6O3/c1-15(30)27-10-12-28(13-11-27)22-24-20-19(21(31)25-23(32)26(20)2)29(22)14-17-8-5-7-16-6-3-4-9-18(16)17/h3-9H,10-14H2,1-2H3,(H,25,31,32). The fraction of sp³-hybridized carbons (Fsp3) is 0.304. The minimum atomic E-state index is -0.495. The van der Waals surface area contributed by atoms with Crippen LogP contribution in [0.1, 0.15) is 12.5 Å². The predicted molar refractivity (Wildman–Crippen MR) is 123 cm³/mol. The van der Waals surface area contributed by atoms with Crippen molar-refractivity contribution in [3.63, 3.8) is 0 Å². The molecular weight excluding hydrogens is 408 g/mol. The highest BCUT2D eigenvalue weighted by molar-refractivity contribution is 5.86. The van der Waals surface area contributed by atoms with E-state index in [2.05, 4.69) is 28.1 Å². The van der Waals surface area contributed by atoms with Gasteiger partial charge in [-0.2, -0.15) is 4.98 Å². The zero-order valence-electron chi connectivity index (χ0n) is 18.0. The van der Waals surface area contributed by atoms with Gasteiger partial charge in [0.2, 0.25) is 11.9 Å². The van der Waals surface area contributed by atoms with Crippen LogP contribution in [0.25, 0.3) is 21.9 Å². The van der Waals surface area contributed by atoms with Gasteiger partial charge in [0.1, 0.15) is 0 Å². The van der Waals surface area contributed by atoms with E-state index in [0.717, 1.165) is 16.3 Å². The third-order valence-corrected chi connectivity index (χ3v) is 6.20. The number of amides is 1. The van der Waals surface area contributed by atoms with Gasteiger partial charge in [-0.3, -0.25) is 23.7 Å². The molecule has 0 saturated carbocycles. The Bertz CT molecular complexity index is 1450. The second-order valence-corrected chi connectivity index (χ2v) is 8.12. The van der Waals surface area contributed by atoms with Crippen LogP contribution in [0.15, 0.2) is 52.1 Å². The SMILES string of the molecule is CC(=O)N1CCN(c2nc3c(c(=O)[nH]c(=O)n3C)n2Cc2cccc3ccccc23)CC1. The number of aryl methyl sites for hydroxylation is 1. The van der Waals surface area contributed by atoms with E-state index in [9.17, 15) is 14.4 Å². The zero-order valence-corrected chi connectivity index (χ0v) is 18.0. The average molecular weight is 432 g/mol. The molecule has 1 aliphatic rings. The fourth-order valence-electron chi connectivity index (χ4n) is 4.44. The Morgan fingerprint density at radius 3 is 2.50 bits per heavy atom. The van der Waals surface area contributed by atoms with Crippen LogP contribution in [0.5, 0.6) is 0 Å². The van der Waals surface area contributed by atoms with Crippen molar-refractivity contribution in [2.24, 2.45) is 7.05 Å². The van der Waals surface area contributed by atoms with Crippen molar-refractivity contribution < 1.29 is 4.79 Å². The van der Waals surface area contributed by atoms with Gasteiger partial charge in [-0.25, -0.2) is 4.79 Å². The molecule has 9 nitrogen and oxygen atoms in total. The average Bonchev–Trinajstić information content (AvgIpc) is 3.18. The third kappa shape index (κ3) is 3.26. The Labute approximate surface area is 183 Å². The van der Waals surface area contributed by atoms with Crippen molar-refractivity contribution in [3.8, 4) is 0 Å². The molecule has 1 amide bonds. The molecule has 9 heteroatoms. The number of imidazole rings is 1.